The number of ether oxygens (including phenoxy) is 2. The van der Waals surface area contributed by atoms with Crippen LogP contribution in [0.25, 0.3) is 0 Å². The number of morpholine rings is 1. The van der Waals surface area contributed by atoms with Gasteiger partial charge in [-0.2, -0.15) is 0 Å². The summed E-state index contributed by atoms with van der Waals surface area (Å²) in [5.41, 5.74) is 1.92. The van der Waals surface area contributed by atoms with E-state index in [-0.39, 0.29) is 11.9 Å². The number of nitrogens with one attached hydrogen (secondary N) is 2. The highest BCUT2D eigenvalue weighted by atomic mass is 16.5. The molecule has 5 heteroatoms. The van der Waals surface area contributed by atoms with Crippen molar-refractivity contribution in [3.05, 3.63) is 65.7 Å². The second-order valence-electron chi connectivity index (χ2n) is 5.66. The number of carbonyl (C=O) groups excluding carboxylic acids is 1. The molecular formula is C19H22N2O3. The van der Waals surface area contributed by atoms with Crippen molar-refractivity contribution < 1.29 is 14.3 Å². The van der Waals surface area contributed by atoms with Crippen LogP contribution in [0.4, 0.5) is 0 Å². The summed E-state index contributed by atoms with van der Waals surface area (Å²) in [7, 11) is 1.64. The first-order valence-corrected chi connectivity index (χ1v) is 8.10. The van der Waals surface area contributed by atoms with Gasteiger partial charge in [0.1, 0.15) is 11.9 Å². The van der Waals surface area contributed by atoms with Gasteiger partial charge < -0.3 is 20.1 Å². The van der Waals surface area contributed by atoms with E-state index in [0.717, 1.165) is 23.4 Å². The maximum Gasteiger partial charge on any atom is 0.251 e. The van der Waals surface area contributed by atoms with Crippen molar-refractivity contribution in [2.75, 3.05) is 26.8 Å². The molecule has 24 heavy (non-hydrogen) atoms. The highest BCUT2D eigenvalue weighted by Gasteiger charge is 2.26. The van der Waals surface area contributed by atoms with Crippen LogP contribution in [0.5, 0.6) is 5.75 Å². The molecule has 2 unspecified atom stereocenters. The number of benzene rings is 2. The molecule has 126 valence electrons. The Kier molecular flexibility index (Phi) is 5.46. The number of rotatable bonds is 5. The minimum Gasteiger partial charge on any atom is -0.496 e. The Labute approximate surface area is 142 Å². The van der Waals surface area contributed by atoms with Crippen LogP contribution in [-0.2, 0) is 9.53 Å². The first-order chi connectivity index (χ1) is 11.8. The molecule has 5 nitrogen and oxygen atoms in total. The second-order valence-corrected chi connectivity index (χ2v) is 5.66. The zero-order chi connectivity index (χ0) is 16.8. The predicted molar refractivity (Wildman–Crippen MR) is 92.0 cm³/mol. The van der Waals surface area contributed by atoms with E-state index in [2.05, 4.69) is 10.6 Å². The number of amides is 1. The summed E-state index contributed by atoms with van der Waals surface area (Å²) in [5.74, 6) is 0.622. The second kappa shape index (κ2) is 7.95. The lowest BCUT2D eigenvalue weighted by Gasteiger charge is -2.27. The van der Waals surface area contributed by atoms with Gasteiger partial charge >= 0.3 is 0 Å². The molecule has 1 aliphatic heterocycles. The third-order valence-corrected chi connectivity index (χ3v) is 4.09. The minimum absolute atomic E-state index is 0.123. The predicted octanol–water partition coefficient (Wildman–Crippen LogP) is 1.89. The summed E-state index contributed by atoms with van der Waals surface area (Å²) in [6.07, 6.45) is -0.473. The Hall–Kier alpha value is -2.37. The minimum atomic E-state index is -0.473. The topological polar surface area (TPSA) is 59.6 Å². The summed E-state index contributed by atoms with van der Waals surface area (Å²) in [6, 6.07) is 17.3. The fourth-order valence-corrected chi connectivity index (χ4v) is 2.86. The number of carbonyl (C=O) groups is 1. The molecule has 1 saturated heterocycles. The Balaban J connectivity index is 1.89. The normalized spacial score (nSPS) is 18.6. The SMILES string of the molecule is COc1ccccc1C(NC(=O)C1CNCCO1)c1ccccc1. The molecule has 2 atom stereocenters. The molecule has 0 bridgehead atoms. The van der Waals surface area contributed by atoms with Crippen molar-refractivity contribution in [2.45, 2.75) is 12.1 Å². The van der Waals surface area contributed by atoms with Crippen LogP contribution < -0.4 is 15.4 Å². The maximum absolute atomic E-state index is 12.6. The number of hydrogen-bond donors (Lipinski definition) is 2. The molecule has 0 saturated carbocycles. The number of para-hydroxylation sites is 1. The molecule has 1 aliphatic rings. The summed E-state index contributed by atoms with van der Waals surface area (Å²) in [5, 5.41) is 6.29. The van der Waals surface area contributed by atoms with Gasteiger partial charge in [0.25, 0.3) is 5.91 Å². The average Bonchev–Trinajstić information content (AvgIpc) is 2.67. The molecule has 2 aromatic carbocycles. The zero-order valence-corrected chi connectivity index (χ0v) is 13.7. The molecule has 1 amide bonds. The van der Waals surface area contributed by atoms with Gasteiger partial charge in [-0.15, -0.1) is 0 Å². The standard InChI is InChI=1S/C19H22N2O3/c1-23-16-10-6-5-9-15(16)18(14-7-3-2-4-8-14)21-19(22)17-13-20-11-12-24-17/h2-10,17-18,20H,11-13H2,1H3,(H,21,22). The zero-order valence-electron chi connectivity index (χ0n) is 13.7. The van der Waals surface area contributed by atoms with E-state index < -0.39 is 6.10 Å². The smallest absolute Gasteiger partial charge is 0.251 e. The first-order valence-electron chi connectivity index (χ1n) is 8.10. The molecule has 3 rings (SSSR count). The van der Waals surface area contributed by atoms with Gasteiger partial charge in [0.2, 0.25) is 0 Å². The van der Waals surface area contributed by atoms with Crippen molar-refractivity contribution in [1.82, 2.24) is 10.6 Å². The molecule has 1 heterocycles. The molecular weight excluding hydrogens is 304 g/mol. The number of hydrogen-bond acceptors (Lipinski definition) is 4. The van der Waals surface area contributed by atoms with E-state index in [1.807, 2.05) is 54.6 Å². The summed E-state index contributed by atoms with van der Waals surface area (Å²) in [4.78, 5) is 12.6. The monoisotopic (exact) mass is 326 g/mol. The van der Waals surface area contributed by atoms with E-state index in [4.69, 9.17) is 9.47 Å². The van der Waals surface area contributed by atoms with Crippen LogP contribution >= 0.6 is 0 Å². The molecule has 0 spiro atoms. The molecule has 0 aromatic heterocycles. The third-order valence-electron chi connectivity index (χ3n) is 4.09. The van der Waals surface area contributed by atoms with E-state index in [1.165, 1.54) is 0 Å². The van der Waals surface area contributed by atoms with E-state index in [9.17, 15) is 4.79 Å². The largest absolute Gasteiger partial charge is 0.496 e. The average molecular weight is 326 g/mol. The van der Waals surface area contributed by atoms with E-state index >= 15 is 0 Å². The lowest BCUT2D eigenvalue weighted by molar-refractivity contribution is -0.134. The Morgan fingerprint density at radius 3 is 2.67 bits per heavy atom. The van der Waals surface area contributed by atoms with Crippen molar-refractivity contribution in [2.24, 2.45) is 0 Å². The van der Waals surface area contributed by atoms with Gasteiger partial charge in [0, 0.05) is 18.7 Å². The van der Waals surface area contributed by atoms with Gasteiger partial charge in [-0.25, -0.2) is 0 Å². The quantitative estimate of drug-likeness (QED) is 0.881. The van der Waals surface area contributed by atoms with Crippen LogP contribution in [-0.4, -0.2) is 38.8 Å². The summed E-state index contributed by atoms with van der Waals surface area (Å²) < 4.78 is 11.0. The Morgan fingerprint density at radius 1 is 1.21 bits per heavy atom. The van der Waals surface area contributed by atoms with Crippen molar-refractivity contribution in [1.29, 1.82) is 0 Å². The molecule has 2 N–H and O–H groups in total. The Bertz CT molecular complexity index is 669. The molecule has 1 fully saturated rings. The molecule has 0 aliphatic carbocycles. The van der Waals surface area contributed by atoms with Gasteiger partial charge in [-0.3, -0.25) is 4.79 Å². The van der Waals surface area contributed by atoms with E-state index in [0.29, 0.717) is 13.2 Å². The van der Waals surface area contributed by atoms with Gasteiger partial charge in [0.15, 0.2) is 0 Å². The fraction of sp³-hybridized carbons (Fsp3) is 0.316. The van der Waals surface area contributed by atoms with Crippen LogP contribution in [0, 0.1) is 0 Å². The highest BCUT2D eigenvalue weighted by Crippen LogP contribution is 2.30. The lowest BCUT2D eigenvalue weighted by atomic mass is 9.97. The lowest BCUT2D eigenvalue weighted by Crippen LogP contribution is -2.48. The number of methoxy groups -OCH3 is 1. The fourth-order valence-electron chi connectivity index (χ4n) is 2.86. The van der Waals surface area contributed by atoms with Crippen molar-refractivity contribution in [3.63, 3.8) is 0 Å². The van der Waals surface area contributed by atoms with Gasteiger partial charge in [-0.05, 0) is 11.6 Å². The van der Waals surface area contributed by atoms with E-state index in [1.54, 1.807) is 7.11 Å². The summed E-state index contributed by atoms with van der Waals surface area (Å²) in [6.45, 7) is 1.85. The maximum atomic E-state index is 12.6. The molecule has 0 radical (unpaired) electrons. The van der Waals surface area contributed by atoms with Crippen LogP contribution in [0.2, 0.25) is 0 Å². The first kappa shape index (κ1) is 16.5. The van der Waals surface area contributed by atoms with Crippen LogP contribution in [0.1, 0.15) is 17.2 Å². The third kappa shape index (κ3) is 3.75. The van der Waals surface area contributed by atoms with Crippen LogP contribution in [0.3, 0.4) is 0 Å². The van der Waals surface area contributed by atoms with Crippen molar-refractivity contribution >= 4 is 5.91 Å². The molecule has 2 aromatic rings. The van der Waals surface area contributed by atoms with Crippen molar-refractivity contribution in [3.8, 4) is 5.75 Å². The van der Waals surface area contributed by atoms with Crippen LogP contribution in [0.15, 0.2) is 54.6 Å². The Morgan fingerprint density at radius 2 is 1.96 bits per heavy atom. The van der Waals surface area contributed by atoms with Gasteiger partial charge in [-0.1, -0.05) is 48.5 Å². The van der Waals surface area contributed by atoms with Gasteiger partial charge in [0.05, 0.1) is 19.8 Å². The highest BCUT2D eigenvalue weighted by molar-refractivity contribution is 5.82. The summed E-state index contributed by atoms with van der Waals surface area (Å²) >= 11 is 0.